The average molecular weight is 207 g/mol. The summed E-state index contributed by atoms with van der Waals surface area (Å²) in [6.07, 6.45) is 4.20. The van der Waals surface area contributed by atoms with E-state index in [1.807, 2.05) is 0 Å². The molecule has 0 spiro atoms. The summed E-state index contributed by atoms with van der Waals surface area (Å²) >= 11 is 4.12. The van der Waals surface area contributed by atoms with Crippen molar-refractivity contribution in [1.82, 2.24) is 0 Å². The molecule has 0 saturated heterocycles. The highest BCUT2D eigenvalue weighted by atomic mass is 32.1. The van der Waals surface area contributed by atoms with E-state index in [4.69, 9.17) is 0 Å². The average Bonchev–Trinajstić information content (AvgIpc) is 2.18. The SMILES string of the molecule is Cc1cccc(N(C)CC=CCS)c1. The highest BCUT2D eigenvalue weighted by molar-refractivity contribution is 7.80. The molecule has 0 N–H and O–H groups in total. The first-order valence-corrected chi connectivity index (χ1v) is 5.41. The Balaban J connectivity index is 2.60. The highest BCUT2D eigenvalue weighted by Gasteiger charge is 1.97. The van der Waals surface area contributed by atoms with E-state index < -0.39 is 0 Å². The van der Waals surface area contributed by atoms with Crippen LogP contribution < -0.4 is 4.90 Å². The Morgan fingerprint density at radius 3 is 2.79 bits per heavy atom. The number of benzene rings is 1. The summed E-state index contributed by atoms with van der Waals surface area (Å²) < 4.78 is 0. The van der Waals surface area contributed by atoms with E-state index >= 15 is 0 Å². The van der Waals surface area contributed by atoms with E-state index in [-0.39, 0.29) is 0 Å². The number of hydrogen-bond acceptors (Lipinski definition) is 2. The van der Waals surface area contributed by atoms with Gasteiger partial charge in [0, 0.05) is 25.0 Å². The third-order valence-corrected chi connectivity index (χ3v) is 2.30. The minimum Gasteiger partial charge on any atom is -0.371 e. The van der Waals surface area contributed by atoms with Gasteiger partial charge in [0.1, 0.15) is 0 Å². The molecule has 0 heterocycles. The molecule has 76 valence electrons. The fourth-order valence-corrected chi connectivity index (χ4v) is 1.43. The summed E-state index contributed by atoms with van der Waals surface area (Å²) in [6, 6.07) is 8.51. The van der Waals surface area contributed by atoms with Crippen molar-refractivity contribution in [2.24, 2.45) is 0 Å². The Labute approximate surface area is 91.8 Å². The Hall–Kier alpha value is -0.890. The van der Waals surface area contributed by atoms with Crippen LogP contribution in [0, 0.1) is 6.92 Å². The third kappa shape index (κ3) is 3.46. The lowest BCUT2D eigenvalue weighted by Gasteiger charge is -2.17. The molecule has 0 fully saturated rings. The molecule has 1 aromatic rings. The minimum atomic E-state index is 0.807. The van der Waals surface area contributed by atoms with Gasteiger partial charge in [0.05, 0.1) is 0 Å². The number of likely N-dealkylation sites (N-methyl/N-ethyl adjacent to an activating group) is 1. The Bertz CT molecular complexity index is 307. The second-order valence-corrected chi connectivity index (χ2v) is 3.74. The summed E-state index contributed by atoms with van der Waals surface area (Å²) in [5, 5.41) is 0. The molecular weight excluding hydrogens is 190 g/mol. The summed E-state index contributed by atoms with van der Waals surface area (Å²) in [7, 11) is 2.09. The van der Waals surface area contributed by atoms with Crippen LogP contribution >= 0.6 is 12.6 Å². The monoisotopic (exact) mass is 207 g/mol. The van der Waals surface area contributed by atoms with Gasteiger partial charge in [-0.1, -0.05) is 24.3 Å². The summed E-state index contributed by atoms with van der Waals surface area (Å²) in [6.45, 7) is 3.05. The fraction of sp³-hybridized carbons (Fsp3) is 0.333. The minimum absolute atomic E-state index is 0.807. The molecule has 2 heteroatoms. The van der Waals surface area contributed by atoms with Crippen LogP contribution in [0.25, 0.3) is 0 Å². The second kappa shape index (κ2) is 5.76. The zero-order valence-electron chi connectivity index (χ0n) is 8.77. The molecule has 1 rings (SSSR count). The van der Waals surface area contributed by atoms with Crippen molar-refractivity contribution < 1.29 is 0 Å². The molecule has 0 aliphatic carbocycles. The van der Waals surface area contributed by atoms with Crippen molar-refractivity contribution in [1.29, 1.82) is 0 Å². The fourth-order valence-electron chi connectivity index (χ4n) is 1.28. The van der Waals surface area contributed by atoms with Gasteiger partial charge < -0.3 is 4.90 Å². The van der Waals surface area contributed by atoms with Gasteiger partial charge in [-0.2, -0.15) is 12.6 Å². The Morgan fingerprint density at radius 2 is 2.14 bits per heavy atom. The zero-order chi connectivity index (χ0) is 10.4. The molecule has 0 radical (unpaired) electrons. The maximum absolute atomic E-state index is 4.12. The number of nitrogens with zero attached hydrogens (tertiary/aromatic N) is 1. The lowest BCUT2D eigenvalue weighted by atomic mass is 10.2. The van der Waals surface area contributed by atoms with Gasteiger partial charge in [-0.05, 0) is 24.6 Å². The molecule has 0 atom stereocenters. The zero-order valence-corrected chi connectivity index (χ0v) is 9.67. The summed E-state index contributed by atoms with van der Waals surface area (Å²) in [5.41, 5.74) is 2.56. The molecule has 0 amide bonds. The van der Waals surface area contributed by atoms with Crippen LogP contribution in [0.5, 0.6) is 0 Å². The normalized spacial score (nSPS) is 10.8. The molecule has 14 heavy (non-hydrogen) atoms. The predicted octanol–water partition coefficient (Wildman–Crippen LogP) is 2.92. The molecule has 0 aliphatic rings. The standard InChI is InChI=1S/C12H17NS/c1-11-6-5-7-12(10-11)13(2)8-3-4-9-14/h3-7,10,14H,8-9H2,1-2H3. The molecule has 1 aromatic carbocycles. The highest BCUT2D eigenvalue weighted by Crippen LogP contribution is 2.13. The van der Waals surface area contributed by atoms with Crippen LogP contribution in [-0.2, 0) is 0 Å². The van der Waals surface area contributed by atoms with Gasteiger partial charge in [-0.15, -0.1) is 0 Å². The largest absolute Gasteiger partial charge is 0.371 e. The summed E-state index contributed by atoms with van der Waals surface area (Å²) in [5.74, 6) is 0.807. The number of rotatable bonds is 4. The quantitative estimate of drug-likeness (QED) is 0.587. The van der Waals surface area contributed by atoms with E-state index in [1.54, 1.807) is 0 Å². The van der Waals surface area contributed by atoms with Gasteiger partial charge in [0.25, 0.3) is 0 Å². The van der Waals surface area contributed by atoms with Gasteiger partial charge in [-0.25, -0.2) is 0 Å². The second-order valence-electron chi connectivity index (χ2n) is 3.37. The number of thiol groups is 1. The smallest absolute Gasteiger partial charge is 0.0369 e. The molecule has 0 saturated carbocycles. The molecular formula is C12H17NS. The van der Waals surface area contributed by atoms with Crippen molar-refractivity contribution in [2.75, 3.05) is 24.2 Å². The van der Waals surface area contributed by atoms with Gasteiger partial charge >= 0.3 is 0 Å². The lowest BCUT2D eigenvalue weighted by molar-refractivity contribution is 1.03. The van der Waals surface area contributed by atoms with E-state index in [0.29, 0.717) is 0 Å². The molecule has 0 unspecified atom stereocenters. The number of anilines is 1. The van der Waals surface area contributed by atoms with E-state index in [1.165, 1.54) is 11.3 Å². The van der Waals surface area contributed by atoms with Crippen molar-refractivity contribution in [3.8, 4) is 0 Å². The molecule has 0 bridgehead atoms. The molecule has 0 aliphatic heterocycles. The first-order chi connectivity index (χ1) is 6.74. The van der Waals surface area contributed by atoms with Crippen LogP contribution in [0.1, 0.15) is 5.56 Å². The van der Waals surface area contributed by atoms with Crippen LogP contribution in [0.2, 0.25) is 0 Å². The van der Waals surface area contributed by atoms with Gasteiger partial charge in [0.2, 0.25) is 0 Å². The summed E-state index contributed by atoms with van der Waals surface area (Å²) in [4.78, 5) is 2.22. The topological polar surface area (TPSA) is 3.24 Å². The van der Waals surface area contributed by atoms with Crippen molar-refractivity contribution in [2.45, 2.75) is 6.92 Å². The molecule has 0 aromatic heterocycles. The van der Waals surface area contributed by atoms with E-state index in [2.05, 4.69) is 67.9 Å². The van der Waals surface area contributed by atoms with Crippen LogP contribution in [0.15, 0.2) is 36.4 Å². The lowest BCUT2D eigenvalue weighted by Crippen LogP contribution is -2.16. The first-order valence-electron chi connectivity index (χ1n) is 4.77. The number of aryl methyl sites for hydroxylation is 1. The Kier molecular flexibility index (Phi) is 4.60. The van der Waals surface area contributed by atoms with Crippen molar-refractivity contribution in [3.63, 3.8) is 0 Å². The Morgan fingerprint density at radius 1 is 1.36 bits per heavy atom. The maximum Gasteiger partial charge on any atom is 0.0369 e. The van der Waals surface area contributed by atoms with Gasteiger partial charge in [-0.3, -0.25) is 0 Å². The maximum atomic E-state index is 4.12. The first kappa shape index (κ1) is 11.2. The van der Waals surface area contributed by atoms with Crippen LogP contribution in [0.3, 0.4) is 0 Å². The van der Waals surface area contributed by atoms with E-state index in [9.17, 15) is 0 Å². The van der Waals surface area contributed by atoms with Crippen LogP contribution in [0.4, 0.5) is 5.69 Å². The predicted molar refractivity (Wildman–Crippen MR) is 67.4 cm³/mol. The third-order valence-electron chi connectivity index (χ3n) is 2.09. The van der Waals surface area contributed by atoms with Gasteiger partial charge in [0.15, 0.2) is 0 Å². The van der Waals surface area contributed by atoms with Crippen LogP contribution in [-0.4, -0.2) is 19.3 Å². The molecule has 1 nitrogen and oxygen atoms in total. The number of hydrogen-bond donors (Lipinski definition) is 1. The van der Waals surface area contributed by atoms with Crippen molar-refractivity contribution >= 4 is 18.3 Å². The van der Waals surface area contributed by atoms with Crippen molar-refractivity contribution in [3.05, 3.63) is 42.0 Å². The van der Waals surface area contributed by atoms with E-state index in [0.717, 1.165) is 12.3 Å².